The minimum Gasteiger partial charge on any atom is -0.434 e. The minimum atomic E-state index is -2.78. The molecule has 1 aliphatic rings. The molecule has 1 aromatic rings. The van der Waals surface area contributed by atoms with Gasteiger partial charge >= 0.3 is 6.61 Å². The number of rotatable bonds is 5. The van der Waals surface area contributed by atoms with E-state index in [4.69, 9.17) is 0 Å². The fourth-order valence-electron chi connectivity index (χ4n) is 1.89. The smallest absolute Gasteiger partial charge is 0.387 e. The lowest BCUT2D eigenvalue weighted by Gasteiger charge is -2.31. The molecule has 0 bridgehead atoms. The van der Waals surface area contributed by atoms with Gasteiger partial charge in [-0.1, -0.05) is 18.2 Å². The van der Waals surface area contributed by atoms with Crippen molar-refractivity contribution >= 4 is 0 Å². The van der Waals surface area contributed by atoms with Crippen molar-refractivity contribution in [3.8, 4) is 5.75 Å². The van der Waals surface area contributed by atoms with Gasteiger partial charge in [0.05, 0.1) is 0 Å². The Kier molecular flexibility index (Phi) is 3.91. The Bertz CT molecular complexity index is 369. The molecule has 2 rings (SSSR count). The fourth-order valence-corrected chi connectivity index (χ4v) is 1.89. The van der Waals surface area contributed by atoms with Crippen LogP contribution in [-0.2, 0) is 0 Å². The normalized spacial score (nSPS) is 17.9. The third-order valence-corrected chi connectivity index (χ3v) is 2.87. The molecule has 3 nitrogen and oxygen atoms in total. The summed E-state index contributed by atoms with van der Waals surface area (Å²) in [5.41, 5.74) is 0.764. The van der Waals surface area contributed by atoms with E-state index in [0.717, 1.165) is 18.7 Å². The first kappa shape index (κ1) is 12.3. The Hall–Kier alpha value is -1.20. The zero-order chi connectivity index (χ0) is 12.3. The van der Waals surface area contributed by atoms with Crippen molar-refractivity contribution < 1.29 is 13.5 Å². The van der Waals surface area contributed by atoms with Crippen molar-refractivity contribution in [2.75, 3.05) is 13.1 Å². The van der Waals surface area contributed by atoms with Gasteiger partial charge in [0.2, 0.25) is 0 Å². The number of para-hydroxylation sites is 1. The van der Waals surface area contributed by atoms with Crippen LogP contribution in [0.15, 0.2) is 24.3 Å². The zero-order valence-electron chi connectivity index (χ0n) is 9.62. The van der Waals surface area contributed by atoms with E-state index >= 15 is 0 Å². The van der Waals surface area contributed by atoms with Gasteiger partial charge in [0.15, 0.2) is 0 Å². The van der Waals surface area contributed by atoms with Crippen LogP contribution in [0.4, 0.5) is 8.78 Å². The Morgan fingerprint density at radius 2 is 2.06 bits per heavy atom. The molecule has 1 heterocycles. The van der Waals surface area contributed by atoms with Crippen molar-refractivity contribution in [1.82, 2.24) is 10.6 Å². The maximum Gasteiger partial charge on any atom is 0.387 e. The molecule has 0 spiro atoms. The van der Waals surface area contributed by atoms with Crippen molar-refractivity contribution in [3.63, 3.8) is 0 Å². The lowest BCUT2D eigenvalue weighted by Crippen LogP contribution is -2.55. The van der Waals surface area contributed by atoms with Gasteiger partial charge in [-0.15, -0.1) is 0 Å². The minimum absolute atomic E-state index is 0.00273. The van der Waals surface area contributed by atoms with Crippen LogP contribution in [0, 0.1) is 0 Å². The number of halogens is 2. The maximum atomic E-state index is 12.3. The Morgan fingerprint density at radius 1 is 1.35 bits per heavy atom. The van der Waals surface area contributed by atoms with Gasteiger partial charge in [0, 0.05) is 30.7 Å². The van der Waals surface area contributed by atoms with Crippen molar-refractivity contribution in [2.45, 2.75) is 25.6 Å². The molecule has 0 amide bonds. The molecule has 0 aliphatic carbocycles. The fraction of sp³-hybridized carbons (Fsp3) is 0.500. The van der Waals surface area contributed by atoms with E-state index in [-0.39, 0.29) is 11.8 Å². The van der Waals surface area contributed by atoms with Crippen molar-refractivity contribution in [3.05, 3.63) is 29.8 Å². The lowest BCUT2D eigenvalue weighted by molar-refractivity contribution is -0.0507. The highest BCUT2D eigenvalue weighted by atomic mass is 19.3. The number of hydrogen-bond donors (Lipinski definition) is 2. The monoisotopic (exact) mass is 242 g/mol. The van der Waals surface area contributed by atoms with E-state index in [1.807, 2.05) is 19.1 Å². The second-order valence-corrected chi connectivity index (χ2v) is 4.16. The molecule has 0 aromatic heterocycles. The van der Waals surface area contributed by atoms with Crippen LogP contribution in [0.2, 0.25) is 0 Å². The summed E-state index contributed by atoms with van der Waals surface area (Å²) >= 11 is 0. The molecule has 1 atom stereocenters. The molecule has 17 heavy (non-hydrogen) atoms. The Balaban J connectivity index is 2.06. The van der Waals surface area contributed by atoms with E-state index in [1.165, 1.54) is 0 Å². The molecule has 5 heteroatoms. The van der Waals surface area contributed by atoms with Crippen molar-refractivity contribution in [1.29, 1.82) is 0 Å². The number of benzene rings is 1. The molecule has 1 fully saturated rings. The molecule has 0 saturated carbocycles. The van der Waals surface area contributed by atoms with E-state index < -0.39 is 6.61 Å². The summed E-state index contributed by atoms with van der Waals surface area (Å²) < 4.78 is 29.0. The second-order valence-electron chi connectivity index (χ2n) is 4.16. The zero-order valence-corrected chi connectivity index (χ0v) is 9.62. The molecule has 0 radical (unpaired) electrons. The molecular formula is C12H16F2N2O. The summed E-state index contributed by atoms with van der Waals surface area (Å²) in [7, 11) is 0. The number of ether oxygens (including phenoxy) is 1. The predicted molar refractivity (Wildman–Crippen MR) is 61.3 cm³/mol. The van der Waals surface area contributed by atoms with E-state index in [1.54, 1.807) is 12.1 Å². The first-order valence-corrected chi connectivity index (χ1v) is 5.67. The first-order valence-electron chi connectivity index (χ1n) is 5.67. The van der Waals surface area contributed by atoms with Crippen molar-refractivity contribution in [2.24, 2.45) is 0 Å². The summed E-state index contributed by atoms with van der Waals surface area (Å²) in [6.45, 7) is 1.00. The van der Waals surface area contributed by atoms with Gasteiger partial charge in [-0.05, 0) is 13.0 Å². The predicted octanol–water partition coefficient (Wildman–Crippen LogP) is 1.91. The SMILES string of the molecule is CC(NC1CNC1)c1ccccc1OC(F)F. The van der Waals surface area contributed by atoms with Crippen LogP contribution >= 0.6 is 0 Å². The molecule has 1 unspecified atom stereocenters. The average molecular weight is 242 g/mol. The summed E-state index contributed by atoms with van der Waals surface area (Å²) in [4.78, 5) is 0. The highest BCUT2D eigenvalue weighted by molar-refractivity contribution is 5.35. The number of nitrogens with one attached hydrogen (secondary N) is 2. The largest absolute Gasteiger partial charge is 0.434 e. The highest BCUT2D eigenvalue weighted by Gasteiger charge is 2.21. The Morgan fingerprint density at radius 3 is 2.65 bits per heavy atom. The van der Waals surface area contributed by atoms with Gasteiger partial charge < -0.3 is 15.4 Å². The third kappa shape index (κ3) is 3.14. The lowest BCUT2D eigenvalue weighted by atomic mass is 10.0. The topological polar surface area (TPSA) is 33.3 Å². The van der Waals surface area contributed by atoms with Crippen LogP contribution in [0.1, 0.15) is 18.5 Å². The van der Waals surface area contributed by atoms with Gasteiger partial charge in [-0.3, -0.25) is 0 Å². The summed E-state index contributed by atoms with van der Waals surface area (Å²) in [6.07, 6.45) is 0. The van der Waals surface area contributed by atoms with Gasteiger partial charge in [0.1, 0.15) is 5.75 Å². The van der Waals surface area contributed by atoms with Crippen LogP contribution in [0.25, 0.3) is 0 Å². The summed E-state index contributed by atoms with van der Waals surface area (Å²) in [5.74, 6) is 0.245. The van der Waals surface area contributed by atoms with Crippen LogP contribution in [-0.4, -0.2) is 25.7 Å². The van der Waals surface area contributed by atoms with Gasteiger partial charge in [-0.2, -0.15) is 8.78 Å². The molecular weight excluding hydrogens is 226 g/mol. The number of hydrogen-bond acceptors (Lipinski definition) is 3. The van der Waals surface area contributed by atoms with Gasteiger partial charge in [0.25, 0.3) is 0 Å². The van der Waals surface area contributed by atoms with Crippen LogP contribution in [0.3, 0.4) is 0 Å². The standard InChI is InChI=1S/C12H16F2N2O/c1-8(16-9-6-15-7-9)10-4-2-3-5-11(10)17-12(13)14/h2-5,8-9,12,15-16H,6-7H2,1H3. The van der Waals surface area contributed by atoms with E-state index in [0.29, 0.717) is 6.04 Å². The quantitative estimate of drug-likeness (QED) is 0.827. The first-order chi connectivity index (χ1) is 8.16. The van der Waals surface area contributed by atoms with Crippen LogP contribution in [0.5, 0.6) is 5.75 Å². The molecule has 1 aliphatic heterocycles. The average Bonchev–Trinajstić information content (AvgIpc) is 2.23. The molecule has 1 saturated heterocycles. The second kappa shape index (κ2) is 5.42. The van der Waals surface area contributed by atoms with Gasteiger partial charge in [-0.25, -0.2) is 0 Å². The van der Waals surface area contributed by atoms with Crippen LogP contribution < -0.4 is 15.4 Å². The third-order valence-electron chi connectivity index (χ3n) is 2.87. The summed E-state index contributed by atoms with van der Waals surface area (Å²) in [5, 5.41) is 6.51. The molecule has 1 aromatic carbocycles. The number of alkyl halides is 2. The molecule has 94 valence electrons. The highest BCUT2D eigenvalue weighted by Crippen LogP contribution is 2.26. The Labute approximate surface area is 99.2 Å². The summed E-state index contributed by atoms with van der Waals surface area (Å²) in [6, 6.07) is 7.30. The maximum absolute atomic E-state index is 12.3. The molecule has 2 N–H and O–H groups in total. The van der Waals surface area contributed by atoms with E-state index in [2.05, 4.69) is 15.4 Å². The van der Waals surface area contributed by atoms with E-state index in [9.17, 15) is 8.78 Å².